The Hall–Kier alpha value is 0.500. The van der Waals surface area contributed by atoms with Crippen LogP contribution < -0.4 is 0 Å². The lowest BCUT2D eigenvalue weighted by Crippen LogP contribution is -2.03. The third-order valence-electron chi connectivity index (χ3n) is 2.15. The molecule has 0 N–H and O–H groups in total. The second-order valence-corrected chi connectivity index (χ2v) is 5.40. The Bertz CT molecular complexity index is 86.4. The van der Waals surface area contributed by atoms with Crippen LogP contribution in [0.4, 0.5) is 0 Å². The molecule has 2 aliphatic rings. The highest BCUT2D eigenvalue weighted by Crippen LogP contribution is 2.02. The molecule has 0 unspecified atom stereocenters. The van der Waals surface area contributed by atoms with E-state index >= 15 is 0 Å². The van der Waals surface area contributed by atoms with Gasteiger partial charge in [0, 0.05) is 26.4 Å². The van der Waals surface area contributed by atoms with Gasteiger partial charge >= 0.3 is 0 Å². The fraction of sp³-hybridized carbons (Fsp3) is 1.00. The predicted molar refractivity (Wildman–Crippen MR) is 70.5 cm³/mol. The molecule has 2 saturated heterocycles. The Morgan fingerprint density at radius 1 is 0.688 bits per heavy atom. The van der Waals surface area contributed by atoms with E-state index in [0.717, 1.165) is 26.4 Å². The summed E-state index contributed by atoms with van der Waals surface area (Å²) in [6, 6.07) is 0. The molecule has 2 heterocycles. The van der Waals surface area contributed by atoms with E-state index in [-0.39, 0.29) is 4.84 Å². The molecule has 2 aliphatic heterocycles. The number of alkyl halides is 2. The number of halogens is 2. The van der Waals surface area contributed by atoms with E-state index in [4.69, 9.17) is 32.7 Å². The molecule has 16 heavy (non-hydrogen) atoms. The van der Waals surface area contributed by atoms with Crippen LogP contribution >= 0.6 is 23.2 Å². The zero-order valence-corrected chi connectivity index (χ0v) is 11.7. The average molecular weight is 271 g/mol. The summed E-state index contributed by atoms with van der Waals surface area (Å²) >= 11 is 10.1. The zero-order valence-electron chi connectivity index (χ0n) is 10.2. The molecule has 0 radical (unpaired) electrons. The van der Waals surface area contributed by atoms with Gasteiger partial charge in [-0.2, -0.15) is 0 Å². The first-order valence-corrected chi connectivity index (χ1v) is 7.04. The summed E-state index contributed by atoms with van der Waals surface area (Å²) in [5, 5.41) is 0. The molecule has 0 bridgehead atoms. The molecule has 0 spiro atoms. The minimum absolute atomic E-state index is 0.222. The van der Waals surface area contributed by atoms with Crippen molar-refractivity contribution in [3.05, 3.63) is 0 Å². The van der Waals surface area contributed by atoms with Crippen LogP contribution in [0.15, 0.2) is 0 Å². The Morgan fingerprint density at radius 3 is 1.00 bits per heavy atom. The van der Waals surface area contributed by atoms with Gasteiger partial charge in [0.1, 0.15) is 4.84 Å². The van der Waals surface area contributed by atoms with E-state index in [0.29, 0.717) is 0 Å². The minimum Gasteiger partial charge on any atom is -0.381 e. The first-order valence-electron chi connectivity index (χ1n) is 6.17. The monoisotopic (exact) mass is 270 g/mol. The summed E-state index contributed by atoms with van der Waals surface area (Å²) < 4.78 is 10.1. The van der Waals surface area contributed by atoms with Gasteiger partial charge in [-0.1, -0.05) is 0 Å². The highest BCUT2D eigenvalue weighted by molar-refractivity contribution is 6.43. The minimum atomic E-state index is -0.222. The van der Waals surface area contributed by atoms with Gasteiger partial charge in [-0.25, -0.2) is 0 Å². The van der Waals surface area contributed by atoms with E-state index < -0.39 is 0 Å². The van der Waals surface area contributed by atoms with Gasteiger partial charge in [-0.3, -0.25) is 0 Å². The highest BCUT2D eigenvalue weighted by atomic mass is 35.5. The van der Waals surface area contributed by atoms with Crippen molar-refractivity contribution in [1.82, 2.24) is 0 Å². The van der Waals surface area contributed by atoms with Gasteiger partial charge in [-0.15, -0.1) is 23.2 Å². The quantitative estimate of drug-likeness (QED) is 0.615. The Kier molecular flexibility index (Phi) is 14.0. The summed E-state index contributed by atoms with van der Waals surface area (Å²) in [5.74, 6) is 0. The van der Waals surface area contributed by atoms with Gasteiger partial charge < -0.3 is 9.47 Å². The topological polar surface area (TPSA) is 18.5 Å². The van der Waals surface area contributed by atoms with Crippen LogP contribution in [0.2, 0.25) is 0 Å². The lowest BCUT2D eigenvalue weighted by molar-refractivity contribution is 0.0967. The second kappa shape index (κ2) is 13.6. The van der Waals surface area contributed by atoms with Crippen LogP contribution in [0.5, 0.6) is 0 Å². The van der Waals surface area contributed by atoms with E-state index in [1.54, 1.807) is 6.92 Å². The summed E-state index contributed by atoms with van der Waals surface area (Å²) in [4.78, 5) is -0.222. The summed E-state index contributed by atoms with van der Waals surface area (Å²) in [6.45, 7) is 5.70. The van der Waals surface area contributed by atoms with E-state index in [1.165, 1.54) is 38.5 Å². The Morgan fingerprint density at radius 2 is 0.938 bits per heavy atom. The first-order chi connectivity index (χ1) is 7.73. The van der Waals surface area contributed by atoms with Crippen molar-refractivity contribution in [3.63, 3.8) is 0 Å². The predicted octanol–water partition coefficient (Wildman–Crippen LogP) is 4.18. The molecule has 2 rings (SSSR count). The van der Waals surface area contributed by atoms with Crippen molar-refractivity contribution in [1.29, 1.82) is 0 Å². The molecule has 0 aromatic heterocycles. The highest BCUT2D eigenvalue weighted by Gasteiger charge is 1.95. The lowest BCUT2D eigenvalue weighted by atomic mass is 10.2. The maximum absolute atomic E-state index is 5.07. The van der Waals surface area contributed by atoms with Crippen molar-refractivity contribution in [2.45, 2.75) is 50.3 Å². The third-order valence-corrected chi connectivity index (χ3v) is 2.15. The molecule has 2 fully saturated rings. The van der Waals surface area contributed by atoms with Crippen molar-refractivity contribution >= 4 is 23.2 Å². The summed E-state index contributed by atoms with van der Waals surface area (Å²) in [6.07, 6.45) is 7.86. The molecular formula is C12H24Cl2O2. The van der Waals surface area contributed by atoms with Crippen molar-refractivity contribution in [2.75, 3.05) is 26.4 Å². The smallest absolute Gasteiger partial charge is 0.105 e. The van der Waals surface area contributed by atoms with Gasteiger partial charge in [0.15, 0.2) is 0 Å². The molecule has 4 heteroatoms. The van der Waals surface area contributed by atoms with Crippen LogP contribution in [0.25, 0.3) is 0 Å². The van der Waals surface area contributed by atoms with Crippen LogP contribution in [0.3, 0.4) is 0 Å². The summed E-state index contributed by atoms with van der Waals surface area (Å²) in [5.41, 5.74) is 0. The summed E-state index contributed by atoms with van der Waals surface area (Å²) in [7, 11) is 0. The number of rotatable bonds is 0. The van der Waals surface area contributed by atoms with E-state index in [2.05, 4.69) is 0 Å². The standard InChI is InChI=1S/2C5H10O.C2H4Cl2/c2*1-2-4-6-5-3-1;1-2(3)4/h2*1-5H2;2H,1H3. The molecule has 0 atom stereocenters. The third kappa shape index (κ3) is 16.9. The van der Waals surface area contributed by atoms with Crippen molar-refractivity contribution in [3.8, 4) is 0 Å². The number of hydrogen-bond acceptors (Lipinski definition) is 2. The normalized spacial score (nSPS) is 20.2. The average Bonchev–Trinajstić information content (AvgIpc) is 2.34. The molecule has 0 aromatic carbocycles. The molecule has 2 nitrogen and oxygen atoms in total. The Labute approximate surface area is 110 Å². The van der Waals surface area contributed by atoms with Crippen molar-refractivity contribution in [2.24, 2.45) is 0 Å². The number of hydrogen-bond donors (Lipinski definition) is 0. The molecule has 0 aromatic rings. The SMILES string of the molecule is C1CCOCC1.C1CCOCC1.CC(Cl)Cl. The molecule has 0 saturated carbocycles. The molecule has 0 amide bonds. The maximum Gasteiger partial charge on any atom is 0.105 e. The maximum atomic E-state index is 5.07. The van der Waals surface area contributed by atoms with Gasteiger partial charge in [0.2, 0.25) is 0 Å². The second-order valence-electron chi connectivity index (χ2n) is 3.86. The van der Waals surface area contributed by atoms with E-state index in [9.17, 15) is 0 Å². The lowest BCUT2D eigenvalue weighted by Gasteiger charge is -2.08. The fourth-order valence-electron chi connectivity index (χ4n) is 1.37. The van der Waals surface area contributed by atoms with Crippen LogP contribution in [0, 0.1) is 0 Å². The molecule has 98 valence electrons. The van der Waals surface area contributed by atoms with E-state index in [1.807, 2.05) is 0 Å². The van der Waals surface area contributed by atoms with Crippen LogP contribution in [-0.2, 0) is 9.47 Å². The van der Waals surface area contributed by atoms with Gasteiger partial charge in [0.25, 0.3) is 0 Å². The van der Waals surface area contributed by atoms with Crippen LogP contribution in [-0.4, -0.2) is 31.3 Å². The molecular weight excluding hydrogens is 247 g/mol. The largest absolute Gasteiger partial charge is 0.381 e. The molecule has 0 aliphatic carbocycles. The number of ether oxygens (including phenoxy) is 2. The first kappa shape index (κ1) is 16.5. The van der Waals surface area contributed by atoms with Gasteiger partial charge in [-0.05, 0) is 45.4 Å². The Balaban J connectivity index is 0.000000217. The fourth-order valence-corrected chi connectivity index (χ4v) is 1.37. The zero-order chi connectivity index (χ0) is 12.1. The van der Waals surface area contributed by atoms with Crippen molar-refractivity contribution < 1.29 is 9.47 Å². The van der Waals surface area contributed by atoms with Crippen LogP contribution in [0.1, 0.15) is 45.4 Å². The van der Waals surface area contributed by atoms with Gasteiger partial charge in [0.05, 0.1) is 0 Å².